The highest BCUT2D eigenvalue weighted by Crippen LogP contribution is 2.08. The van der Waals surface area contributed by atoms with Gasteiger partial charge in [0.05, 0.1) is 12.7 Å². The van der Waals surface area contributed by atoms with Gasteiger partial charge in [0, 0.05) is 0 Å². The van der Waals surface area contributed by atoms with E-state index in [2.05, 4.69) is 16.0 Å². The molecule has 0 heterocycles. The first-order chi connectivity index (χ1) is 13.3. The van der Waals surface area contributed by atoms with Gasteiger partial charge in [-0.3, -0.25) is 14.4 Å². The lowest BCUT2D eigenvalue weighted by Crippen LogP contribution is -2.61. The maximum atomic E-state index is 12.6. The van der Waals surface area contributed by atoms with Gasteiger partial charge in [-0.05, 0) is 25.2 Å². The van der Waals surface area contributed by atoms with Crippen LogP contribution in [0.4, 0.5) is 0 Å². The third-order valence-corrected chi connectivity index (χ3v) is 4.16. The Morgan fingerprint density at radius 2 is 1.34 bits per heavy atom. The Labute approximate surface area is 170 Å². The molecule has 0 radical (unpaired) electrons. The fourth-order valence-corrected chi connectivity index (χ4v) is 2.48. The number of carboxylic acids is 1. The highest BCUT2D eigenvalue weighted by Gasteiger charge is 2.33. The number of hydrogen-bond donors (Lipinski definition) is 7. The second kappa shape index (κ2) is 12.3. The highest BCUT2D eigenvalue weighted by molar-refractivity contribution is 5.94. The number of amides is 3. The van der Waals surface area contributed by atoms with E-state index < -0.39 is 66.5 Å². The van der Waals surface area contributed by atoms with Crippen LogP contribution in [0, 0.1) is 11.8 Å². The van der Waals surface area contributed by atoms with Gasteiger partial charge in [0.15, 0.2) is 0 Å². The van der Waals surface area contributed by atoms with Crippen LogP contribution in [0.5, 0.6) is 0 Å². The van der Waals surface area contributed by atoms with Gasteiger partial charge in [0.1, 0.15) is 24.2 Å². The van der Waals surface area contributed by atoms with Crippen LogP contribution in [0.2, 0.25) is 0 Å². The minimum absolute atomic E-state index is 0.0223. The molecule has 3 amide bonds. The van der Waals surface area contributed by atoms with Gasteiger partial charge in [-0.15, -0.1) is 0 Å². The van der Waals surface area contributed by atoms with Crippen molar-refractivity contribution in [3.8, 4) is 0 Å². The Morgan fingerprint density at radius 3 is 1.72 bits per heavy atom. The first-order valence-corrected chi connectivity index (χ1v) is 9.50. The average Bonchev–Trinajstić information content (AvgIpc) is 2.61. The van der Waals surface area contributed by atoms with Crippen LogP contribution >= 0.6 is 0 Å². The van der Waals surface area contributed by atoms with Crippen molar-refractivity contribution in [3.63, 3.8) is 0 Å². The molecule has 0 aromatic heterocycles. The number of carbonyl (C=O) groups is 4. The molecule has 0 fully saturated rings. The van der Waals surface area contributed by atoms with E-state index in [0.29, 0.717) is 0 Å². The molecule has 0 rings (SSSR count). The lowest BCUT2D eigenvalue weighted by molar-refractivity contribution is -0.143. The SMILES string of the molecule is CC(C)C[C@H](NC(=O)[C@@H](NC(=O)[C@@H](NC(=O)[C@@H](N)CO)[C@@H](C)O)C(C)C)C(=O)O. The second-order valence-electron chi connectivity index (χ2n) is 7.78. The van der Waals surface area contributed by atoms with E-state index in [1.54, 1.807) is 13.8 Å². The Bertz CT molecular complexity index is 581. The maximum absolute atomic E-state index is 12.6. The number of nitrogens with two attached hydrogens (primary N) is 1. The van der Waals surface area contributed by atoms with Crippen molar-refractivity contribution in [2.75, 3.05) is 6.61 Å². The monoisotopic (exact) mass is 418 g/mol. The van der Waals surface area contributed by atoms with Crippen LogP contribution in [0.25, 0.3) is 0 Å². The molecule has 0 bridgehead atoms. The van der Waals surface area contributed by atoms with E-state index in [-0.39, 0.29) is 12.3 Å². The van der Waals surface area contributed by atoms with Crippen molar-refractivity contribution in [2.45, 2.75) is 71.3 Å². The number of aliphatic hydroxyl groups excluding tert-OH is 2. The van der Waals surface area contributed by atoms with Crippen molar-refractivity contribution in [1.29, 1.82) is 0 Å². The standard InChI is InChI=1S/C18H34N4O7/c1-8(2)6-12(18(28)29)20-16(26)13(9(3)4)21-17(27)14(10(5)24)22-15(25)11(19)7-23/h8-14,23-24H,6-7,19H2,1-5H3,(H,20,26)(H,21,27)(H,22,25)(H,28,29)/t10-,11+,12+,13+,14+/m1/s1. The topological polar surface area (TPSA) is 191 Å². The quantitative estimate of drug-likeness (QED) is 0.188. The fourth-order valence-electron chi connectivity index (χ4n) is 2.48. The summed E-state index contributed by atoms with van der Waals surface area (Å²) in [5.74, 6) is -3.95. The van der Waals surface area contributed by atoms with Gasteiger partial charge >= 0.3 is 5.97 Å². The smallest absolute Gasteiger partial charge is 0.326 e. The van der Waals surface area contributed by atoms with Crippen molar-refractivity contribution in [3.05, 3.63) is 0 Å². The zero-order chi connectivity index (χ0) is 22.9. The van der Waals surface area contributed by atoms with E-state index in [1.807, 2.05) is 13.8 Å². The van der Waals surface area contributed by atoms with Crippen molar-refractivity contribution in [1.82, 2.24) is 16.0 Å². The molecule has 0 saturated carbocycles. The number of rotatable bonds is 12. The molecule has 0 aliphatic heterocycles. The summed E-state index contributed by atoms with van der Waals surface area (Å²) in [7, 11) is 0. The molecule has 0 aliphatic carbocycles. The summed E-state index contributed by atoms with van der Waals surface area (Å²) in [4.78, 5) is 48.4. The van der Waals surface area contributed by atoms with Gasteiger partial charge in [-0.25, -0.2) is 4.79 Å². The summed E-state index contributed by atoms with van der Waals surface area (Å²) in [6.07, 6.45) is -1.10. The predicted octanol–water partition coefficient (Wildman–Crippen LogP) is -2.07. The molecular weight excluding hydrogens is 384 g/mol. The lowest BCUT2D eigenvalue weighted by atomic mass is 9.99. The summed E-state index contributed by atoms with van der Waals surface area (Å²) >= 11 is 0. The molecule has 0 aliphatic rings. The second-order valence-corrected chi connectivity index (χ2v) is 7.78. The van der Waals surface area contributed by atoms with E-state index in [9.17, 15) is 29.4 Å². The number of carbonyl (C=O) groups excluding carboxylic acids is 3. The van der Waals surface area contributed by atoms with Crippen LogP contribution < -0.4 is 21.7 Å². The zero-order valence-corrected chi connectivity index (χ0v) is 17.5. The molecule has 8 N–H and O–H groups in total. The molecule has 0 saturated heterocycles. The maximum Gasteiger partial charge on any atom is 0.326 e. The highest BCUT2D eigenvalue weighted by atomic mass is 16.4. The fraction of sp³-hybridized carbons (Fsp3) is 0.778. The Balaban J connectivity index is 5.32. The average molecular weight is 418 g/mol. The molecule has 29 heavy (non-hydrogen) atoms. The Morgan fingerprint density at radius 1 is 0.862 bits per heavy atom. The first-order valence-electron chi connectivity index (χ1n) is 9.50. The van der Waals surface area contributed by atoms with Gasteiger partial charge in [-0.2, -0.15) is 0 Å². The predicted molar refractivity (Wildman–Crippen MR) is 104 cm³/mol. The number of hydrogen-bond acceptors (Lipinski definition) is 7. The van der Waals surface area contributed by atoms with Crippen LogP contribution in [0.3, 0.4) is 0 Å². The summed E-state index contributed by atoms with van der Waals surface area (Å²) in [6, 6.07) is -4.91. The summed E-state index contributed by atoms with van der Waals surface area (Å²) in [6.45, 7) is 7.56. The van der Waals surface area contributed by atoms with Crippen molar-refractivity contribution in [2.24, 2.45) is 17.6 Å². The van der Waals surface area contributed by atoms with Gasteiger partial charge in [-0.1, -0.05) is 27.7 Å². The molecule has 11 heteroatoms. The summed E-state index contributed by atoms with van der Waals surface area (Å²) in [5.41, 5.74) is 5.39. The van der Waals surface area contributed by atoms with E-state index >= 15 is 0 Å². The molecule has 0 aromatic rings. The third kappa shape index (κ3) is 9.20. The molecule has 5 atom stereocenters. The molecule has 0 aromatic carbocycles. The van der Waals surface area contributed by atoms with E-state index in [1.165, 1.54) is 6.92 Å². The first kappa shape index (κ1) is 26.8. The molecular formula is C18H34N4O7. The minimum Gasteiger partial charge on any atom is -0.480 e. The van der Waals surface area contributed by atoms with Gasteiger partial charge < -0.3 is 37.0 Å². The van der Waals surface area contributed by atoms with Gasteiger partial charge in [0.25, 0.3) is 0 Å². The molecule has 0 unspecified atom stereocenters. The zero-order valence-electron chi connectivity index (χ0n) is 17.5. The number of nitrogens with one attached hydrogen (secondary N) is 3. The summed E-state index contributed by atoms with van der Waals surface area (Å²) in [5, 5.41) is 35.1. The molecule has 0 spiro atoms. The normalized spacial score (nSPS) is 16.5. The number of carboxylic acid groups (broad SMARTS) is 1. The number of aliphatic hydroxyl groups is 2. The van der Waals surface area contributed by atoms with Crippen LogP contribution in [0.15, 0.2) is 0 Å². The van der Waals surface area contributed by atoms with Crippen LogP contribution in [-0.4, -0.2) is 75.9 Å². The Kier molecular flexibility index (Phi) is 11.4. The Hall–Kier alpha value is -2.24. The molecule has 168 valence electrons. The van der Waals surface area contributed by atoms with Crippen LogP contribution in [-0.2, 0) is 19.2 Å². The van der Waals surface area contributed by atoms with E-state index in [0.717, 1.165) is 0 Å². The molecule has 11 nitrogen and oxygen atoms in total. The largest absolute Gasteiger partial charge is 0.480 e. The van der Waals surface area contributed by atoms with Crippen LogP contribution in [0.1, 0.15) is 41.0 Å². The third-order valence-electron chi connectivity index (χ3n) is 4.16. The minimum atomic E-state index is -1.42. The van der Waals surface area contributed by atoms with E-state index in [4.69, 9.17) is 10.8 Å². The number of aliphatic carboxylic acids is 1. The lowest BCUT2D eigenvalue weighted by Gasteiger charge is -2.28. The summed E-state index contributed by atoms with van der Waals surface area (Å²) < 4.78 is 0. The van der Waals surface area contributed by atoms with Gasteiger partial charge in [0.2, 0.25) is 17.7 Å². The van der Waals surface area contributed by atoms with Crippen molar-refractivity contribution < 1.29 is 34.5 Å². The van der Waals surface area contributed by atoms with Crippen molar-refractivity contribution >= 4 is 23.7 Å².